The van der Waals surface area contributed by atoms with E-state index in [4.69, 9.17) is 0 Å². The summed E-state index contributed by atoms with van der Waals surface area (Å²) in [7, 11) is 0. The maximum atomic E-state index is 13.1. The first-order valence-corrected chi connectivity index (χ1v) is 18.4. The summed E-state index contributed by atoms with van der Waals surface area (Å²) in [6, 6.07) is 17.1. The molecule has 0 radical (unpaired) electrons. The highest BCUT2D eigenvalue weighted by atomic mass is 16.4. The summed E-state index contributed by atoms with van der Waals surface area (Å²) in [5, 5.41) is 20.9. The maximum Gasteiger partial charge on any atom is 0.307 e. The molecule has 2 aromatic rings. The van der Waals surface area contributed by atoms with Crippen molar-refractivity contribution in [1.82, 2.24) is 0 Å². The van der Waals surface area contributed by atoms with Crippen LogP contribution in [-0.2, 0) is 16.6 Å². The molecule has 242 valence electrons. The molecule has 3 heteroatoms. The van der Waals surface area contributed by atoms with Crippen LogP contribution in [0.15, 0.2) is 72.8 Å². The molecule has 2 bridgehead atoms. The van der Waals surface area contributed by atoms with E-state index in [0.29, 0.717) is 29.4 Å². The minimum atomic E-state index is -0.622. The molecule has 3 nitrogen and oxygen atoms in total. The van der Waals surface area contributed by atoms with E-state index in [1.54, 1.807) is 0 Å². The lowest BCUT2D eigenvalue weighted by molar-refractivity contribution is -0.146. The first-order valence-electron chi connectivity index (χ1n) is 18.4. The maximum absolute atomic E-state index is 13.1. The summed E-state index contributed by atoms with van der Waals surface area (Å²) in [5.41, 5.74) is 3.92. The van der Waals surface area contributed by atoms with Gasteiger partial charge in [-0.2, -0.15) is 0 Å². The van der Waals surface area contributed by atoms with Crippen LogP contribution in [0.5, 0.6) is 5.75 Å². The Bertz CT molecular complexity index is 1320. The van der Waals surface area contributed by atoms with Crippen molar-refractivity contribution in [1.29, 1.82) is 0 Å². The van der Waals surface area contributed by atoms with E-state index in [9.17, 15) is 15.0 Å². The van der Waals surface area contributed by atoms with Gasteiger partial charge in [0.05, 0.1) is 5.92 Å². The summed E-state index contributed by atoms with van der Waals surface area (Å²) >= 11 is 0. The Hall–Kier alpha value is -2.81. The standard InChI is InChI=1S/C42H56O3/c43-37-23-21-35(22-24-37)38-30-33-16-11-19-36(29-33)42(28-12-27-41(31-42)25-9-10-26-41)39(40(44)45)20-8-7-18-34(38)17-4-2-1-3-13-32-14-5-6-15-32/h5,7-8,11,14,16,19,21-24,29,32,34,38-39,43H,1-4,6,9-10,12-13,15,17-18,20,25-28,30-31H2,(H,44,45)/b8-7+/t32-,34+,38-,39+,42-/m1/s1. The lowest BCUT2D eigenvalue weighted by Crippen LogP contribution is -2.46. The van der Waals surface area contributed by atoms with E-state index in [0.717, 1.165) is 38.0 Å². The van der Waals surface area contributed by atoms with E-state index < -0.39 is 5.97 Å². The second-order valence-corrected chi connectivity index (χ2v) is 15.3. The molecule has 0 saturated heterocycles. The Morgan fingerprint density at radius 1 is 0.822 bits per heavy atom. The minimum Gasteiger partial charge on any atom is -0.508 e. The van der Waals surface area contributed by atoms with Crippen molar-refractivity contribution < 1.29 is 15.0 Å². The molecule has 0 unspecified atom stereocenters. The number of rotatable bonds is 9. The summed E-state index contributed by atoms with van der Waals surface area (Å²) in [4.78, 5) is 13.1. The first-order chi connectivity index (χ1) is 22.0. The third-order valence-electron chi connectivity index (χ3n) is 12.5. The molecular formula is C42H56O3. The number of phenolic OH excluding ortho intramolecular Hbond substituents is 1. The number of aromatic hydroxyl groups is 1. The number of unbranched alkanes of at least 4 members (excludes halogenated alkanes) is 3. The van der Waals surface area contributed by atoms with E-state index in [2.05, 4.69) is 60.7 Å². The number of aliphatic carboxylic acids is 1. The van der Waals surface area contributed by atoms with Crippen molar-refractivity contribution in [3.8, 4) is 5.75 Å². The van der Waals surface area contributed by atoms with Crippen LogP contribution in [0.3, 0.4) is 0 Å². The molecule has 2 N–H and O–H groups in total. The van der Waals surface area contributed by atoms with Gasteiger partial charge in [-0.15, -0.1) is 0 Å². The molecule has 0 amide bonds. The van der Waals surface area contributed by atoms with Crippen LogP contribution < -0.4 is 0 Å². The highest BCUT2D eigenvalue weighted by molar-refractivity contribution is 5.73. The van der Waals surface area contributed by atoms with Crippen LogP contribution in [0.4, 0.5) is 0 Å². The van der Waals surface area contributed by atoms with Gasteiger partial charge in [0.2, 0.25) is 0 Å². The van der Waals surface area contributed by atoms with E-state index in [1.165, 1.54) is 100 Å². The molecule has 45 heavy (non-hydrogen) atoms. The average molecular weight is 609 g/mol. The minimum absolute atomic E-state index is 0.310. The fraction of sp³-hybridized carbons (Fsp3) is 0.595. The molecule has 2 aromatic carbocycles. The average Bonchev–Trinajstić information content (AvgIpc) is 3.73. The highest BCUT2D eigenvalue weighted by Crippen LogP contribution is 2.59. The molecule has 5 atom stereocenters. The summed E-state index contributed by atoms with van der Waals surface area (Å²) < 4.78 is 0. The van der Waals surface area contributed by atoms with Gasteiger partial charge in [0.25, 0.3) is 0 Å². The fourth-order valence-electron chi connectivity index (χ4n) is 10.1. The SMILES string of the molecule is O=C(O)[C@@H]1C/C=C/C[C@H](CCCCCC[C@@H]2C=CCC2)[C@H](c2ccc(O)cc2)Cc2cccc(c2)[C@]12CCCC1(CCCC1)C2. The van der Waals surface area contributed by atoms with Gasteiger partial charge in [-0.25, -0.2) is 0 Å². The molecular weight excluding hydrogens is 552 g/mol. The molecule has 6 rings (SSSR count). The van der Waals surface area contributed by atoms with Crippen molar-refractivity contribution in [3.63, 3.8) is 0 Å². The van der Waals surface area contributed by atoms with Crippen LogP contribution in [-0.4, -0.2) is 16.2 Å². The second-order valence-electron chi connectivity index (χ2n) is 15.3. The number of carboxylic acid groups (broad SMARTS) is 1. The second kappa shape index (κ2) is 14.7. The monoisotopic (exact) mass is 608 g/mol. The molecule has 0 aliphatic heterocycles. The van der Waals surface area contributed by atoms with Crippen LogP contribution >= 0.6 is 0 Å². The third-order valence-corrected chi connectivity index (χ3v) is 12.5. The highest BCUT2D eigenvalue weighted by Gasteiger charge is 2.52. The van der Waals surface area contributed by atoms with Gasteiger partial charge in [-0.05, 0) is 129 Å². The van der Waals surface area contributed by atoms with E-state index in [-0.39, 0.29) is 11.3 Å². The van der Waals surface area contributed by atoms with Crippen LogP contribution in [0.1, 0.15) is 138 Å². The molecule has 0 heterocycles. The van der Waals surface area contributed by atoms with E-state index in [1.807, 2.05) is 12.1 Å². The quantitative estimate of drug-likeness (QED) is 0.220. The number of carboxylic acids is 1. The first kappa shape index (κ1) is 32.1. The number of hydrogen-bond acceptors (Lipinski definition) is 2. The van der Waals surface area contributed by atoms with Crippen molar-refractivity contribution in [2.45, 2.75) is 133 Å². The predicted octanol–water partition coefficient (Wildman–Crippen LogP) is 11.1. The summed E-state index contributed by atoms with van der Waals surface area (Å²) in [6.45, 7) is 0. The Balaban J connectivity index is 1.27. The van der Waals surface area contributed by atoms with Crippen molar-refractivity contribution in [2.24, 2.45) is 23.2 Å². The van der Waals surface area contributed by atoms with Gasteiger partial charge >= 0.3 is 5.97 Å². The van der Waals surface area contributed by atoms with Gasteiger partial charge in [0.1, 0.15) is 5.75 Å². The van der Waals surface area contributed by atoms with Gasteiger partial charge < -0.3 is 10.2 Å². The number of carbonyl (C=O) groups is 1. The number of allylic oxidation sites excluding steroid dienone is 4. The van der Waals surface area contributed by atoms with Crippen molar-refractivity contribution in [3.05, 3.63) is 89.5 Å². The molecule has 2 fully saturated rings. The smallest absolute Gasteiger partial charge is 0.307 e. The Morgan fingerprint density at radius 3 is 2.33 bits per heavy atom. The van der Waals surface area contributed by atoms with Gasteiger partial charge in [0, 0.05) is 5.41 Å². The van der Waals surface area contributed by atoms with Crippen LogP contribution in [0.25, 0.3) is 0 Å². The molecule has 4 aliphatic rings. The zero-order valence-electron chi connectivity index (χ0n) is 27.5. The zero-order chi connectivity index (χ0) is 31.1. The van der Waals surface area contributed by atoms with Gasteiger partial charge in [-0.3, -0.25) is 4.79 Å². The lowest BCUT2D eigenvalue weighted by atomic mass is 9.53. The summed E-state index contributed by atoms with van der Waals surface area (Å²) in [5.74, 6) is 0.947. The molecule has 0 aromatic heterocycles. The van der Waals surface area contributed by atoms with E-state index >= 15 is 0 Å². The number of phenols is 1. The number of benzene rings is 2. The Labute approximate surface area is 272 Å². The summed E-state index contributed by atoms with van der Waals surface area (Å²) in [6.07, 6.45) is 31.6. The normalized spacial score (nSPS) is 30.2. The number of fused-ring (bicyclic) bond motifs is 3. The Morgan fingerprint density at radius 2 is 1.58 bits per heavy atom. The topological polar surface area (TPSA) is 57.5 Å². The van der Waals surface area contributed by atoms with Gasteiger partial charge in [-0.1, -0.05) is 106 Å². The fourth-order valence-corrected chi connectivity index (χ4v) is 10.1. The Kier molecular flexibility index (Phi) is 10.5. The third kappa shape index (κ3) is 7.61. The van der Waals surface area contributed by atoms with Crippen LogP contribution in [0.2, 0.25) is 0 Å². The predicted molar refractivity (Wildman–Crippen MR) is 185 cm³/mol. The van der Waals surface area contributed by atoms with Crippen molar-refractivity contribution in [2.75, 3.05) is 0 Å². The molecule has 2 spiro atoms. The van der Waals surface area contributed by atoms with Crippen molar-refractivity contribution >= 4 is 5.97 Å². The number of hydrogen-bond donors (Lipinski definition) is 2. The van der Waals surface area contributed by atoms with Crippen LogP contribution in [0, 0.1) is 23.2 Å². The lowest BCUT2D eigenvalue weighted by Gasteiger charge is -2.50. The molecule has 2 saturated carbocycles. The van der Waals surface area contributed by atoms with Gasteiger partial charge in [0.15, 0.2) is 0 Å². The largest absolute Gasteiger partial charge is 0.508 e. The molecule has 4 aliphatic carbocycles. The zero-order valence-corrected chi connectivity index (χ0v) is 27.5.